The van der Waals surface area contributed by atoms with Gasteiger partial charge in [-0.1, -0.05) is 37.3 Å². The van der Waals surface area contributed by atoms with Crippen molar-refractivity contribution in [1.82, 2.24) is 0 Å². The molecule has 1 heterocycles. The molecule has 0 aromatic heterocycles. The minimum atomic E-state index is -0.216. The summed E-state index contributed by atoms with van der Waals surface area (Å²) in [4.78, 5) is 0. The molecule has 2 nitrogen and oxygen atoms in total. The first-order valence-corrected chi connectivity index (χ1v) is 8.15. The summed E-state index contributed by atoms with van der Waals surface area (Å²) in [5.41, 5.74) is 1.44. The highest BCUT2D eigenvalue weighted by Gasteiger charge is 2.81. The summed E-state index contributed by atoms with van der Waals surface area (Å²) in [7, 11) is -0.0388. The Morgan fingerprint density at radius 2 is 1.48 bits per heavy atom. The molecule has 0 unspecified atom stereocenters. The fourth-order valence-corrected chi connectivity index (χ4v) is 4.70. The molecular formula is C18H25BO2. The maximum Gasteiger partial charge on any atom is 0.464 e. The van der Waals surface area contributed by atoms with Crippen molar-refractivity contribution in [2.45, 2.75) is 69.4 Å². The van der Waals surface area contributed by atoms with Crippen molar-refractivity contribution in [1.29, 1.82) is 0 Å². The first-order chi connectivity index (χ1) is 9.74. The van der Waals surface area contributed by atoms with Crippen molar-refractivity contribution in [3.63, 3.8) is 0 Å². The molecule has 1 atom stereocenters. The monoisotopic (exact) mass is 284 g/mol. The Kier molecular flexibility index (Phi) is 2.47. The molecule has 0 N–H and O–H groups in total. The van der Waals surface area contributed by atoms with E-state index in [9.17, 15) is 0 Å². The van der Waals surface area contributed by atoms with Crippen molar-refractivity contribution in [2.75, 3.05) is 0 Å². The number of benzene rings is 1. The lowest BCUT2D eigenvalue weighted by Gasteiger charge is -2.76. The van der Waals surface area contributed by atoms with Gasteiger partial charge in [0.1, 0.15) is 0 Å². The third-order valence-electron chi connectivity index (χ3n) is 7.05. The maximum absolute atomic E-state index is 6.34. The van der Waals surface area contributed by atoms with Gasteiger partial charge in [0.2, 0.25) is 0 Å². The SMILES string of the molecule is C[C@@H]1C2(B3OC(C)(C)C(C)(C)O3)CC1(c1ccccc1)C2. The molecule has 1 aromatic carbocycles. The first-order valence-electron chi connectivity index (χ1n) is 8.15. The van der Waals surface area contributed by atoms with Gasteiger partial charge in [0.05, 0.1) is 11.2 Å². The van der Waals surface area contributed by atoms with Crippen LogP contribution in [-0.4, -0.2) is 18.3 Å². The second kappa shape index (κ2) is 3.75. The van der Waals surface area contributed by atoms with Gasteiger partial charge in [-0.05, 0) is 57.4 Å². The number of hydrogen-bond donors (Lipinski definition) is 0. The second-order valence-electron chi connectivity index (χ2n) is 8.42. The van der Waals surface area contributed by atoms with Crippen LogP contribution in [0, 0.1) is 5.92 Å². The van der Waals surface area contributed by atoms with E-state index in [1.165, 1.54) is 18.4 Å². The predicted molar refractivity (Wildman–Crippen MR) is 85.3 cm³/mol. The summed E-state index contributed by atoms with van der Waals surface area (Å²) in [5.74, 6) is 0.641. The van der Waals surface area contributed by atoms with E-state index in [2.05, 4.69) is 65.0 Å². The maximum atomic E-state index is 6.34. The van der Waals surface area contributed by atoms with Crippen molar-refractivity contribution in [3.8, 4) is 0 Å². The van der Waals surface area contributed by atoms with Crippen molar-refractivity contribution >= 4 is 7.12 Å². The molecule has 1 aromatic rings. The molecule has 4 aliphatic rings. The fourth-order valence-electron chi connectivity index (χ4n) is 4.70. The third-order valence-corrected chi connectivity index (χ3v) is 7.05. The van der Waals surface area contributed by atoms with Crippen LogP contribution in [-0.2, 0) is 14.7 Å². The summed E-state index contributed by atoms with van der Waals surface area (Å²) in [6.45, 7) is 11.0. The Balaban J connectivity index is 1.57. The van der Waals surface area contributed by atoms with Crippen LogP contribution in [0.2, 0.25) is 5.31 Å². The second-order valence-corrected chi connectivity index (χ2v) is 8.42. The van der Waals surface area contributed by atoms with Crippen LogP contribution >= 0.6 is 0 Å². The van der Waals surface area contributed by atoms with Gasteiger partial charge in [0.25, 0.3) is 0 Å². The lowest BCUT2D eigenvalue weighted by Crippen LogP contribution is -2.72. The topological polar surface area (TPSA) is 18.5 Å². The van der Waals surface area contributed by atoms with E-state index in [-0.39, 0.29) is 23.6 Å². The minimum Gasteiger partial charge on any atom is -0.403 e. The zero-order valence-corrected chi connectivity index (χ0v) is 13.8. The fraction of sp³-hybridized carbons (Fsp3) is 0.667. The van der Waals surface area contributed by atoms with Gasteiger partial charge in [0.15, 0.2) is 0 Å². The standard InChI is InChI=1S/C18H25BO2/c1-13-17(14-9-7-6-8-10-14)11-18(13,12-17)19-20-15(2,3)16(4,5)21-19/h6-10,13H,11-12H2,1-5H3/t13-,17?,18?/m0/s1. The van der Waals surface area contributed by atoms with E-state index in [1.807, 2.05) is 0 Å². The third kappa shape index (κ3) is 1.47. The smallest absolute Gasteiger partial charge is 0.403 e. The Morgan fingerprint density at radius 1 is 0.952 bits per heavy atom. The van der Waals surface area contributed by atoms with Gasteiger partial charge >= 0.3 is 7.12 Å². The molecule has 3 saturated carbocycles. The van der Waals surface area contributed by atoms with Crippen LogP contribution in [0.1, 0.15) is 53.0 Å². The zero-order chi connectivity index (χ0) is 15.1. The van der Waals surface area contributed by atoms with E-state index < -0.39 is 0 Å². The summed E-state index contributed by atoms with van der Waals surface area (Å²) in [6, 6.07) is 11.0. The lowest BCUT2D eigenvalue weighted by atomic mass is 9.18. The molecule has 1 aliphatic heterocycles. The first kappa shape index (κ1) is 13.8. The van der Waals surface area contributed by atoms with E-state index >= 15 is 0 Å². The van der Waals surface area contributed by atoms with Gasteiger partial charge in [-0.3, -0.25) is 0 Å². The van der Waals surface area contributed by atoms with Gasteiger partial charge in [-0.2, -0.15) is 0 Å². The van der Waals surface area contributed by atoms with Crippen LogP contribution in [0.25, 0.3) is 0 Å². The van der Waals surface area contributed by atoms with Gasteiger partial charge in [-0.15, -0.1) is 0 Å². The molecule has 5 rings (SSSR count). The Labute approximate surface area is 128 Å². The highest BCUT2D eigenvalue weighted by molar-refractivity contribution is 6.51. The van der Waals surface area contributed by atoms with Crippen LogP contribution in [0.3, 0.4) is 0 Å². The molecule has 0 radical (unpaired) electrons. The molecule has 4 fully saturated rings. The summed E-state index contributed by atoms with van der Waals surface area (Å²) < 4.78 is 12.7. The van der Waals surface area contributed by atoms with Crippen LogP contribution < -0.4 is 0 Å². The molecular weight excluding hydrogens is 259 g/mol. The minimum absolute atomic E-state index is 0.0388. The van der Waals surface area contributed by atoms with Crippen LogP contribution in [0.4, 0.5) is 0 Å². The molecule has 3 aliphatic carbocycles. The molecule has 3 heteroatoms. The Bertz CT molecular complexity index is 556. The van der Waals surface area contributed by atoms with Crippen LogP contribution in [0.15, 0.2) is 30.3 Å². The quantitative estimate of drug-likeness (QED) is 0.758. The number of hydrogen-bond acceptors (Lipinski definition) is 2. The Morgan fingerprint density at radius 3 is 1.95 bits per heavy atom. The summed E-state index contributed by atoms with van der Waals surface area (Å²) >= 11 is 0. The predicted octanol–water partition coefficient (Wildman–Crippen LogP) is 4.20. The van der Waals surface area contributed by atoms with Crippen molar-refractivity contribution in [3.05, 3.63) is 35.9 Å². The largest absolute Gasteiger partial charge is 0.464 e. The normalized spacial score (nSPS) is 42.3. The van der Waals surface area contributed by atoms with Gasteiger partial charge < -0.3 is 9.31 Å². The molecule has 0 spiro atoms. The summed E-state index contributed by atoms with van der Waals surface area (Å²) in [5, 5.41) is 0.237. The van der Waals surface area contributed by atoms with E-state index in [4.69, 9.17) is 9.31 Å². The molecule has 112 valence electrons. The number of rotatable bonds is 2. The van der Waals surface area contributed by atoms with E-state index in [0.717, 1.165) is 0 Å². The van der Waals surface area contributed by atoms with E-state index in [1.54, 1.807) is 0 Å². The molecule has 0 amide bonds. The summed E-state index contributed by atoms with van der Waals surface area (Å²) in [6.07, 6.45) is 2.42. The highest BCUT2D eigenvalue weighted by Crippen LogP contribution is 2.84. The van der Waals surface area contributed by atoms with Crippen LogP contribution in [0.5, 0.6) is 0 Å². The van der Waals surface area contributed by atoms with Crippen molar-refractivity contribution < 1.29 is 9.31 Å². The van der Waals surface area contributed by atoms with E-state index in [0.29, 0.717) is 11.3 Å². The van der Waals surface area contributed by atoms with Crippen molar-refractivity contribution in [2.24, 2.45) is 5.92 Å². The van der Waals surface area contributed by atoms with Gasteiger partial charge in [-0.25, -0.2) is 0 Å². The van der Waals surface area contributed by atoms with Gasteiger partial charge in [0, 0.05) is 5.31 Å². The molecule has 21 heavy (non-hydrogen) atoms. The average Bonchev–Trinajstić information content (AvgIpc) is 2.58. The molecule has 1 saturated heterocycles. The highest BCUT2D eigenvalue weighted by atomic mass is 16.7. The zero-order valence-electron chi connectivity index (χ0n) is 13.8. The Hall–Kier alpha value is -0.795. The lowest BCUT2D eigenvalue weighted by molar-refractivity contribution is -0.113. The molecule has 2 bridgehead atoms. The average molecular weight is 284 g/mol.